The fourth-order valence-electron chi connectivity index (χ4n) is 1.49. The Kier molecular flexibility index (Phi) is 6.00. The van der Waals surface area contributed by atoms with E-state index in [9.17, 15) is 4.79 Å². The number of hydrogen-bond acceptors (Lipinski definition) is 4. The Morgan fingerprint density at radius 3 is 2.78 bits per heavy atom. The summed E-state index contributed by atoms with van der Waals surface area (Å²) in [6, 6.07) is 5.27. The summed E-state index contributed by atoms with van der Waals surface area (Å²) >= 11 is 0. The highest BCUT2D eigenvalue weighted by Gasteiger charge is 2.07. The van der Waals surface area contributed by atoms with Gasteiger partial charge in [0.05, 0.1) is 18.0 Å². The monoisotopic (exact) mass is 251 g/mol. The Labute approximate surface area is 108 Å². The van der Waals surface area contributed by atoms with E-state index in [1.54, 1.807) is 19.2 Å². The van der Waals surface area contributed by atoms with Gasteiger partial charge in [-0.3, -0.25) is 4.79 Å². The predicted octanol–water partition coefficient (Wildman–Crippen LogP) is 1.47. The first-order chi connectivity index (χ1) is 8.69. The lowest BCUT2D eigenvalue weighted by Crippen LogP contribution is -2.27. The van der Waals surface area contributed by atoms with Gasteiger partial charge in [-0.25, -0.2) is 0 Å². The van der Waals surface area contributed by atoms with Gasteiger partial charge in [-0.15, -0.1) is 0 Å². The summed E-state index contributed by atoms with van der Waals surface area (Å²) in [6.07, 6.45) is 1.03. The van der Waals surface area contributed by atoms with Crippen molar-refractivity contribution in [2.45, 2.75) is 13.3 Å². The number of benzene rings is 1. The summed E-state index contributed by atoms with van der Waals surface area (Å²) in [6.45, 7) is 3.94. The van der Waals surface area contributed by atoms with Gasteiger partial charge in [-0.2, -0.15) is 0 Å². The Balaban J connectivity index is 2.62. The average Bonchev–Trinajstić information content (AvgIpc) is 2.37. The molecular formula is C13H21N3O2. The first-order valence-electron chi connectivity index (χ1n) is 6.09. The molecule has 0 fully saturated rings. The molecule has 0 unspecified atom stereocenters. The Morgan fingerprint density at radius 2 is 2.17 bits per heavy atom. The molecule has 0 spiro atoms. The van der Waals surface area contributed by atoms with E-state index in [0.29, 0.717) is 24.4 Å². The highest BCUT2D eigenvalue weighted by molar-refractivity contribution is 5.96. The van der Waals surface area contributed by atoms with Gasteiger partial charge in [0.15, 0.2) is 0 Å². The van der Waals surface area contributed by atoms with Crippen LogP contribution in [-0.2, 0) is 4.74 Å². The van der Waals surface area contributed by atoms with Crippen LogP contribution < -0.4 is 16.4 Å². The summed E-state index contributed by atoms with van der Waals surface area (Å²) in [5, 5.41) is 5.95. The molecule has 5 nitrogen and oxygen atoms in total. The fraction of sp³-hybridized carbons (Fsp3) is 0.462. The number of nitrogens with one attached hydrogen (secondary N) is 2. The molecule has 0 aliphatic carbocycles. The van der Waals surface area contributed by atoms with Crippen LogP contribution in [-0.4, -0.2) is 32.7 Å². The minimum absolute atomic E-state index is 0.138. The van der Waals surface area contributed by atoms with Crippen molar-refractivity contribution in [2.75, 3.05) is 37.9 Å². The second-order valence-electron chi connectivity index (χ2n) is 3.98. The number of amides is 1. The van der Waals surface area contributed by atoms with Crippen LogP contribution in [0.4, 0.5) is 11.4 Å². The van der Waals surface area contributed by atoms with Crippen LogP contribution in [0.5, 0.6) is 0 Å². The average molecular weight is 251 g/mol. The molecule has 0 saturated carbocycles. The molecule has 1 rings (SSSR count). The zero-order valence-electron chi connectivity index (χ0n) is 11.0. The molecule has 4 N–H and O–H groups in total. The second-order valence-corrected chi connectivity index (χ2v) is 3.98. The number of nitrogens with two attached hydrogens (primary N) is 1. The molecule has 0 radical (unpaired) electrons. The van der Waals surface area contributed by atoms with E-state index in [2.05, 4.69) is 17.6 Å². The van der Waals surface area contributed by atoms with Crippen LogP contribution in [0.3, 0.4) is 0 Å². The molecule has 1 amide bonds. The van der Waals surface area contributed by atoms with Crippen molar-refractivity contribution in [2.24, 2.45) is 0 Å². The molecule has 0 bridgehead atoms. The fourth-order valence-corrected chi connectivity index (χ4v) is 1.49. The van der Waals surface area contributed by atoms with E-state index in [1.165, 1.54) is 0 Å². The minimum atomic E-state index is -0.138. The maximum absolute atomic E-state index is 11.8. The quantitative estimate of drug-likeness (QED) is 0.506. The van der Waals surface area contributed by atoms with Gasteiger partial charge in [-0.1, -0.05) is 6.92 Å². The predicted molar refractivity (Wildman–Crippen MR) is 73.8 cm³/mol. The normalized spacial score (nSPS) is 10.1. The van der Waals surface area contributed by atoms with Crippen LogP contribution in [0, 0.1) is 0 Å². The van der Waals surface area contributed by atoms with E-state index in [-0.39, 0.29) is 5.91 Å². The number of carbonyl (C=O) groups is 1. The Bertz CT molecular complexity index is 394. The molecule has 0 aromatic heterocycles. The summed E-state index contributed by atoms with van der Waals surface area (Å²) in [5.74, 6) is -0.138. The van der Waals surface area contributed by atoms with Gasteiger partial charge in [0, 0.05) is 25.8 Å². The van der Waals surface area contributed by atoms with Crippen molar-refractivity contribution in [3.05, 3.63) is 23.8 Å². The van der Waals surface area contributed by atoms with E-state index < -0.39 is 0 Å². The van der Waals surface area contributed by atoms with E-state index >= 15 is 0 Å². The van der Waals surface area contributed by atoms with Crippen molar-refractivity contribution < 1.29 is 9.53 Å². The molecular weight excluding hydrogens is 230 g/mol. The lowest BCUT2D eigenvalue weighted by molar-refractivity contribution is 0.0937. The molecule has 0 aliphatic rings. The lowest BCUT2D eigenvalue weighted by atomic mass is 10.1. The van der Waals surface area contributed by atoms with Crippen molar-refractivity contribution in [3.63, 3.8) is 0 Å². The maximum Gasteiger partial charge on any atom is 0.251 e. The van der Waals surface area contributed by atoms with E-state index in [1.807, 2.05) is 6.07 Å². The highest BCUT2D eigenvalue weighted by atomic mass is 16.5. The molecule has 0 aliphatic heterocycles. The Hall–Kier alpha value is -1.75. The van der Waals surface area contributed by atoms with Gasteiger partial charge in [0.25, 0.3) is 5.91 Å². The van der Waals surface area contributed by atoms with Gasteiger partial charge < -0.3 is 21.1 Å². The number of carbonyl (C=O) groups excluding carboxylic acids is 1. The molecule has 1 aromatic rings. The summed E-state index contributed by atoms with van der Waals surface area (Å²) in [5.41, 5.74) is 7.90. The largest absolute Gasteiger partial charge is 0.397 e. The zero-order valence-corrected chi connectivity index (χ0v) is 11.0. The number of ether oxygens (including phenoxy) is 1. The van der Waals surface area contributed by atoms with Gasteiger partial charge >= 0.3 is 0 Å². The highest BCUT2D eigenvalue weighted by Crippen LogP contribution is 2.19. The smallest absolute Gasteiger partial charge is 0.251 e. The van der Waals surface area contributed by atoms with Crippen LogP contribution >= 0.6 is 0 Å². The molecule has 5 heteroatoms. The molecule has 1 aromatic carbocycles. The lowest BCUT2D eigenvalue weighted by Gasteiger charge is -2.10. The van der Waals surface area contributed by atoms with E-state index in [0.717, 1.165) is 18.7 Å². The molecule has 0 saturated heterocycles. The van der Waals surface area contributed by atoms with Gasteiger partial charge in [0.1, 0.15) is 0 Å². The standard InChI is InChI=1S/C13H21N3O2/c1-3-6-15-12-5-4-10(9-11(12)14)13(17)16-7-8-18-2/h4-5,9,15H,3,6-8,14H2,1-2H3,(H,16,17). The Morgan fingerprint density at radius 1 is 1.39 bits per heavy atom. The van der Waals surface area contributed by atoms with E-state index in [4.69, 9.17) is 10.5 Å². The first-order valence-corrected chi connectivity index (χ1v) is 6.09. The van der Waals surface area contributed by atoms with Crippen molar-refractivity contribution in [3.8, 4) is 0 Å². The molecule has 0 heterocycles. The zero-order chi connectivity index (χ0) is 13.4. The van der Waals surface area contributed by atoms with Crippen molar-refractivity contribution in [1.82, 2.24) is 5.32 Å². The first kappa shape index (κ1) is 14.3. The molecule has 100 valence electrons. The summed E-state index contributed by atoms with van der Waals surface area (Å²) in [4.78, 5) is 11.8. The SMILES string of the molecule is CCCNc1ccc(C(=O)NCCOC)cc1N. The van der Waals surface area contributed by atoms with Crippen molar-refractivity contribution in [1.29, 1.82) is 0 Å². The van der Waals surface area contributed by atoms with Gasteiger partial charge in [-0.05, 0) is 24.6 Å². The van der Waals surface area contributed by atoms with Crippen LogP contribution in [0.25, 0.3) is 0 Å². The third-order valence-corrected chi connectivity index (χ3v) is 2.47. The third-order valence-electron chi connectivity index (χ3n) is 2.47. The van der Waals surface area contributed by atoms with Crippen LogP contribution in [0.2, 0.25) is 0 Å². The number of anilines is 2. The summed E-state index contributed by atoms with van der Waals surface area (Å²) < 4.78 is 4.87. The second kappa shape index (κ2) is 7.55. The van der Waals surface area contributed by atoms with Crippen molar-refractivity contribution >= 4 is 17.3 Å². The molecule has 18 heavy (non-hydrogen) atoms. The number of hydrogen-bond donors (Lipinski definition) is 3. The third kappa shape index (κ3) is 4.25. The minimum Gasteiger partial charge on any atom is -0.397 e. The number of rotatable bonds is 7. The number of methoxy groups -OCH3 is 1. The molecule has 0 atom stereocenters. The van der Waals surface area contributed by atoms with Crippen LogP contribution in [0.1, 0.15) is 23.7 Å². The topological polar surface area (TPSA) is 76.4 Å². The van der Waals surface area contributed by atoms with Crippen LogP contribution in [0.15, 0.2) is 18.2 Å². The maximum atomic E-state index is 11.8. The summed E-state index contributed by atoms with van der Waals surface area (Å²) in [7, 11) is 1.60. The van der Waals surface area contributed by atoms with Gasteiger partial charge in [0.2, 0.25) is 0 Å². The number of nitrogen functional groups attached to an aromatic ring is 1.